The molecule has 0 aliphatic carbocycles. The first kappa shape index (κ1) is 10.6. The molecule has 88 valence electrons. The summed E-state index contributed by atoms with van der Waals surface area (Å²) in [6.45, 7) is 0. The zero-order chi connectivity index (χ0) is 12.4. The van der Waals surface area contributed by atoms with Gasteiger partial charge in [-0.2, -0.15) is 0 Å². The highest BCUT2D eigenvalue weighted by atomic mass is 16.4. The minimum absolute atomic E-state index is 0.319. The van der Waals surface area contributed by atoms with Crippen molar-refractivity contribution in [2.24, 2.45) is 0 Å². The Morgan fingerprint density at radius 1 is 1.06 bits per heavy atom. The monoisotopic (exact) mass is 238 g/mol. The molecule has 3 heteroatoms. The van der Waals surface area contributed by atoms with E-state index in [0.29, 0.717) is 11.1 Å². The van der Waals surface area contributed by atoms with Gasteiger partial charge in [0, 0.05) is 5.56 Å². The lowest BCUT2D eigenvalue weighted by molar-refractivity contribution is 0.510. The first-order chi connectivity index (χ1) is 8.83. The van der Waals surface area contributed by atoms with Crippen LogP contribution in [0.1, 0.15) is 11.3 Å². The molecule has 0 amide bonds. The Hall–Kier alpha value is -2.55. The lowest BCUT2D eigenvalue weighted by Gasteiger charge is -1.97. The molecule has 3 rings (SSSR count). The maximum Gasteiger partial charge on any atom is 0.344 e. The minimum atomic E-state index is -0.319. The van der Waals surface area contributed by atoms with E-state index in [-0.39, 0.29) is 5.63 Å². The van der Waals surface area contributed by atoms with E-state index < -0.39 is 0 Å². The maximum absolute atomic E-state index is 11.7. The van der Waals surface area contributed by atoms with Gasteiger partial charge >= 0.3 is 5.63 Å². The van der Waals surface area contributed by atoms with Gasteiger partial charge in [-0.05, 0) is 35.7 Å². The SMILES string of the molecule is O=c1oc(/C=C/c2ccoc2)cc2ccccc12. The second kappa shape index (κ2) is 4.37. The number of hydrogen-bond donors (Lipinski definition) is 0. The molecule has 0 fully saturated rings. The summed E-state index contributed by atoms with van der Waals surface area (Å²) in [6.07, 6.45) is 6.79. The largest absolute Gasteiger partial charge is 0.472 e. The van der Waals surface area contributed by atoms with E-state index in [1.165, 1.54) is 0 Å². The Morgan fingerprint density at radius 3 is 2.78 bits per heavy atom. The highest BCUT2D eigenvalue weighted by Crippen LogP contribution is 2.14. The quantitative estimate of drug-likeness (QED) is 0.685. The van der Waals surface area contributed by atoms with Gasteiger partial charge in [0.15, 0.2) is 0 Å². The third kappa shape index (κ3) is 1.98. The fourth-order valence-corrected chi connectivity index (χ4v) is 1.78. The Labute approximate surface area is 103 Å². The van der Waals surface area contributed by atoms with Crippen LogP contribution in [0.15, 0.2) is 62.6 Å². The van der Waals surface area contributed by atoms with E-state index in [1.54, 1.807) is 24.7 Å². The Kier molecular flexibility index (Phi) is 2.57. The first-order valence-corrected chi connectivity index (χ1v) is 5.56. The second-order valence-electron chi connectivity index (χ2n) is 3.91. The zero-order valence-corrected chi connectivity index (χ0v) is 9.50. The van der Waals surface area contributed by atoms with Crippen molar-refractivity contribution >= 4 is 22.9 Å². The zero-order valence-electron chi connectivity index (χ0n) is 9.50. The van der Waals surface area contributed by atoms with E-state index in [0.717, 1.165) is 10.9 Å². The van der Waals surface area contributed by atoms with Gasteiger partial charge in [-0.3, -0.25) is 0 Å². The minimum Gasteiger partial charge on any atom is -0.472 e. The van der Waals surface area contributed by atoms with Crippen LogP contribution in [0.3, 0.4) is 0 Å². The summed E-state index contributed by atoms with van der Waals surface area (Å²) >= 11 is 0. The van der Waals surface area contributed by atoms with Crippen LogP contribution < -0.4 is 5.63 Å². The molecule has 3 aromatic rings. The number of furan rings is 1. The predicted molar refractivity (Wildman–Crippen MR) is 70.1 cm³/mol. The van der Waals surface area contributed by atoms with Crippen LogP contribution in [0.5, 0.6) is 0 Å². The summed E-state index contributed by atoms with van der Waals surface area (Å²) in [5.74, 6) is 0.528. The topological polar surface area (TPSA) is 43.4 Å². The fourth-order valence-electron chi connectivity index (χ4n) is 1.78. The maximum atomic E-state index is 11.7. The van der Waals surface area contributed by atoms with Crippen molar-refractivity contribution < 1.29 is 8.83 Å². The van der Waals surface area contributed by atoms with Crippen LogP contribution in [0.4, 0.5) is 0 Å². The first-order valence-electron chi connectivity index (χ1n) is 5.56. The van der Waals surface area contributed by atoms with E-state index in [2.05, 4.69) is 0 Å². The van der Waals surface area contributed by atoms with Gasteiger partial charge in [-0.1, -0.05) is 18.2 Å². The average molecular weight is 238 g/mol. The number of hydrogen-bond acceptors (Lipinski definition) is 3. The third-order valence-electron chi connectivity index (χ3n) is 2.67. The highest BCUT2D eigenvalue weighted by Gasteiger charge is 2.01. The summed E-state index contributed by atoms with van der Waals surface area (Å²) in [6, 6.07) is 11.0. The lowest BCUT2D eigenvalue weighted by atomic mass is 10.1. The van der Waals surface area contributed by atoms with Crippen LogP contribution in [-0.2, 0) is 0 Å². The summed E-state index contributed by atoms with van der Waals surface area (Å²) in [5.41, 5.74) is 0.603. The van der Waals surface area contributed by atoms with Crippen LogP contribution >= 0.6 is 0 Å². The summed E-state index contributed by atoms with van der Waals surface area (Å²) < 4.78 is 10.2. The molecule has 0 aliphatic rings. The Bertz CT molecular complexity index is 749. The van der Waals surface area contributed by atoms with Crippen molar-refractivity contribution in [3.8, 4) is 0 Å². The summed E-state index contributed by atoms with van der Waals surface area (Å²) in [5, 5.41) is 1.47. The lowest BCUT2D eigenvalue weighted by Crippen LogP contribution is -1.99. The summed E-state index contributed by atoms with van der Waals surface area (Å²) in [7, 11) is 0. The normalized spacial score (nSPS) is 11.3. The molecule has 0 saturated heterocycles. The molecule has 0 radical (unpaired) electrons. The predicted octanol–water partition coefficient (Wildman–Crippen LogP) is 3.56. The van der Waals surface area contributed by atoms with Gasteiger partial charge in [0.2, 0.25) is 0 Å². The third-order valence-corrected chi connectivity index (χ3v) is 2.67. The number of benzene rings is 1. The number of fused-ring (bicyclic) bond motifs is 1. The van der Waals surface area contributed by atoms with Crippen LogP contribution in [0.2, 0.25) is 0 Å². The number of rotatable bonds is 2. The molecule has 2 aromatic heterocycles. The Morgan fingerprint density at radius 2 is 1.94 bits per heavy atom. The van der Waals surface area contributed by atoms with Crippen molar-refractivity contribution in [3.63, 3.8) is 0 Å². The molecular weight excluding hydrogens is 228 g/mol. The van der Waals surface area contributed by atoms with Crippen molar-refractivity contribution in [1.82, 2.24) is 0 Å². The molecule has 2 heterocycles. The average Bonchev–Trinajstić information content (AvgIpc) is 2.90. The molecule has 0 atom stereocenters. The van der Waals surface area contributed by atoms with Crippen LogP contribution in [0, 0.1) is 0 Å². The fraction of sp³-hybridized carbons (Fsp3) is 0. The van der Waals surface area contributed by atoms with Crippen LogP contribution in [0.25, 0.3) is 22.9 Å². The van der Waals surface area contributed by atoms with Crippen LogP contribution in [-0.4, -0.2) is 0 Å². The molecule has 1 aromatic carbocycles. The highest BCUT2D eigenvalue weighted by molar-refractivity contribution is 5.83. The molecule has 0 aliphatic heterocycles. The summed E-state index contributed by atoms with van der Waals surface area (Å²) in [4.78, 5) is 11.7. The molecule has 3 nitrogen and oxygen atoms in total. The van der Waals surface area contributed by atoms with E-state index >= 15 is 0 Å². The second-order valence-corrected chi connectivity index (χ2v) is 3.91. The molecular formula is C15H10O3. The van der Waals surface area contributed by atoms with Gasteiger partial charge in [0.05, 0.1) is 17.9 Å². The van der Waals surface area contributed by atoms with E-state index in [1.807, 2.05) is 36.4 Å². The molecule has 0 N–H and O–H groups in total. The molecule has 0 unspecified atom stereocenters. The van der Waals surface area contributed by atoms with Gasteiger partial charge in [-0.15, -0.1) is 0 Å². The molecule has 18 heavy (non-hydrogen) atoms. The van der Waals surface area contributed by atoms with Crippen molar-refractivity contribution in [2.45, 2.75) is 0 Å². The molecule has 0 spiro atoms. The standard InChI is InChI=1S/C15H10O3/c16-15-14-4-2-1-3-12(14)9-13(18-15)6-5-11-7-8-17-10-11/h1-10H/b6-5+. The van der Waals surface area contributed by atoms with Gasteiger partial charge in [-0.25, -0.2) is 4.79 Å². The van der Waals surface area contributed by atoms with Gasteiger partial charge in [0.1, 0.15) is 5.76 Å². The van der Waals surface area contributed by atoms with E-state index in [9.17, 15) is 4.79 Å². The Balaban J connectivity index is 2.06. The molecule has 0 saturated carbocycles. The van der Waals surface area contributed by atoms with Crippen molar-refractivity contribution in [3.05, 3.63) is 70.7 Å². The van der Waals surface area contributed by atoms with Crippen molar-refractivity contribution in [1.29, 1.82) is 0 Å². The molecule has 0 bridgehead atoms. The van der Waals surface area contributed by atoms with Gasteiger partial charge in [0.25, 0.3) is 0 Å². The van der Waals surface area contributed by atoms with Crippen molar-refractivity contribution in [2.75, 3.05) is 0 Å². The smallest absolute Gasteiger partial charge is 0.344 e. The van der Waals surface area contributed by atoms with E-state index in [4.69, 9.17) is 8.83 Å². The van der Waals surface area contributed by atoms with Gasteiger partial charge < -0.3 is 8.83 Å².